The minimum atomic E-state index is -0.971. The average Bonchev–Trinajstić information content (AvgIpc) is 2.29. The predicted octanol–water partition coefficient (Wildman–Crippen LogP) is 2.24. The molecule has 0 amide bonds. The zero-order valence-electron chi connectivity index (χ0n) is 9.99. The van der Waals surface area contributed by atoms with Crippen molar-refractivity contribution in [3.05, 3.63) is 35.4 Å². The molecule has 0 bridgehead atoms. The van der Waals surface area contributed by atoms with Crippen LogP contribution in [-0.4, -0.2) is 24.8 Å². The van der Waals surface area contributed by atoms with Gasteiger partial charge in [0.05, 0.1) is 6.61 Å². The molecule has 1 aromatic carbocycles. The molecule has 0 aliphatic carbocycles. The molecule has 0 fully saturated rings. The Labute approximate surface area is 96.1 Å². The standard InChI is InChI=1S/C13H18O3/c1-4-10-5-7-11(8-6-10)13(2,9-16-3)12(14)15/h5-8H,4,9H2,1-3H3,(H,14,15). The SMILES string of the molecule is CCc1ccc(C(C)(COC)C(=O)O)cc1. The Balaban J connectivity index is 3.06. The summed E-state index contributed by atoms with van der Waals surface area (Å²) < 4.78 is 5.00. The van der Waals surface area contributed by atoms with Gasteiger partial charge in [-0.3, -0.25) is 4.79 Å². The Kier molecular flexibility index (Phi) is 4.07. The number of carboxylic acid groups (broad SMARTS) is 1. The molecule has 1 aromatic rings. The van der Waals surface area contributed by atoms with Gasteiger partial charge in [0.25, 0.3) is 0 Å². The number of carboxylic acids is 1. The van der Waals surface area contributed by atoms with Crippen molar-refractivity contribution in [3.8, 4) is 0 Å². The maximum Gasteiger partial charge on any atom is 0.316 e. The summed E-state index contributed by atoms with van der Waals surface area (Å²) in [6, 6.07) is 7.66. The van der Waals surface area contributed by atoms with Gasteiger partial charge in [-0.1, -0.05) is 31.2 Å². The van der Waals surface area contributed by atoms with Crippen molar-refractivity contribution in [3.63, 3.8) is 0 Å². The number of carbonyl (C=O) groups is 1. The second-order valence-corrected chi connectivity index (χ2v) is 4.12. The Morgan fingerprint density at radius 2 is 1.94 bits per heavy atom. The summed E-state index contributed by atoms with van der Waals surface area (Å²) in [4.78, 5) is 11.3. The molecule has 3 nitrogen and oxygen atoms in total. The Morgan fingerprint density at radius 1 is 1.38 bits per heavy atom. The van der Waals surface area contributed by atoms with Crippen LogP contribution in [0.2, 0.25) is 0 Å². The number of rotatable bonds is 5. The highest BCUT2D eigenvalue weighted by molar-refractivity contribution is 5.81. The van der Waals surface area contributed by atoms with E-state index in [0.717, 1.165) is 12.0 Å². The Morgan fingerprint density at radius 3 is 2.31 bits per heavy atom. The van der Waals surface area contributed by atoms with E-state index in [1.807, 2.05) is 24.3 Å². The molecule has 0 aromatic heterocycles. The van der Waals surface area contributed by atoms with E-state index < -0.39 is 11.4 Å². The fraction of sp³-hybridized carbons (Fsp3) is 0.462. The van der Waals surface area contributed by atoms with Gasteiger partial charge in [-0.25, -0.2) is 0 Å². The minimum Gasteiger partial charge on any atom is -0.481 e. The highest BCUT2D eigenvalue weighted by Crippen LogP contribution is 2.25. The molecule has 0 saturated heterocycles. The number of methoxy groups -OCH3 is 1. The van der Waals surface area contributed by atoms with Crippen LogP contribution in [0.25, 0.3) is 0 Å². The molecule has 0 aliphatic rings. The highest BCUT2D eigenvalue weighted by Gasteiger charge is 2.35. The summed E-state index contributed by atoms with van der Waals surface area (Å²) in [6.07, 6.45) is 0.953. The molecular formula is C13H18O3. The number of ether oxygens (including phenoxy) is 1. The first-order valence-corrected chi connectivity index (χ1v) is 5.36. The van der Waals surface area contributed by atoms with Gasteiger partial charge in [0, 0.05) is 7.11 Å². The van der Waals surface area contributed by atoms with E-state index in [1.165, 1.54) is 12.7 Å². The van der Waals surface area contributed by atoms with Crippen LogP contribution < -0.4 is 0 Å². The molecule has 88 valence electrons. The third kappa shape index (κ3) is 2.42. The van der Waals surface area contributed by atoms with E-state index in [9.17, 15) is 9.90 Å². The van der Waals surface area contributed by atoms with Crippen molar-refractivity contribution in [2.75, 3.05) is 13.7 Å². The van der Waals surface area contributed by atoms with Gasteiger partial charge in [0.15, 0.2) is 0 Å². The molecule has 0 saturated carbocycles. The zero-order valence-corrected chi connectivity index (χ0v) is 9.99. The molecule has 3 heteroatoms. The van der Waals surface area contributed by atoms with Crippen LogP contribution in [0.1, 0.15) is 25.0 Å². The van der Waals surface area contributed by atoms with E-state index >= 15 is 0 Å². The smallest absolute Gasteiger partial charge is 0.316 e. The van der Waals surface area contributed by atoms with Crippen LogP contribution in [0.5, 0.6) is 0 Å². The number of hydrogen-bond acceptors (Lipinski definition) is 2. The van der Waals surface area contributed by atoms with Crippen LogP contribution in [0, 0.1) is 0 Å². The lowest BCUT2D eigenvalue weighted by molar-refractivity contribution is -0.145. The first-order chi connectivity index (χ1) is 7.54. The van der Waals surface area contributed by atoms with Crippen molar-refractivity contribution in [1.29, 1.82) is 0 Å². The molecule has 1 atom stereocenters. The first-order valence-electron chi connectivity index (χ1n) is 5.36. The summed E-state index contributed by atoms with van der Waals surface area (Å²) >= 11 is 0. The van der Waals surface area contributed by atoms with Gasteiger partial charge in [-0.05, 0) is 24.5 Å². The topological polar surface area (TPSA) is 46.5 Å². The third-order valence-electron chi connectivity index (χ3n) is 2.90. The van der Waals surface area contributed by atoms with E-state index in [0.29, 0.717) is 0 Å². The lowest BCUT2D eigenvalue weighted by Gasteiger charge is -2.24. The molecule has 0 radical (unpaired) electrons. The van der Waals surface area contributed by atoms with Crippen LogP contribution in [0.15, 0.2) is 24.3 Å². The van der Waals surface area contributed by atoms with Crippen molar-refractivity contribution in [2.45, 2.75) is 25.7 Å². The normalized spacial score (nSPS) is 14.4. The second-order valence-electron chi connectivity index (χ2n) is 4.12. The van der Waals surface area contributed by atoms with Gasteiger partial charge < -0.3 is 9.84 Å². The van der Waals surface area contributed by atoms with Gasteiger partial charge in [-0.2, -0.15) is 0 Å². The van der Waals surface area contributed by atoms with Crippen LogP contribution in [0.3, 0.4) is 0 Å². The summed E-state index contributed by atoms with van der Waals surface area (Å²) in [5.74, 6) is -0.862. The van der Waals surface area contributed by atoms with Crippen molar-refractivity contribution in [1.82, 2.24) is 0 Å². The molecule has 0 aliphatic heterocycles. The number of benzene rings is 1. The lowest BCUT2D eigenvalue weighted by Crippen LogP contribution is -2.37. The predicted molar refractivity (Wildman–Crippen MR) is 62.7 cm³/mol. The van der Waals surface area contributed by atoms with Crippen molar-refractivity contribution < 1.29 is 14.6 Å². The maximum absolute atomic E-state index is 11.3. The molecule has 1 rings (SSSR count). The maximum atomic E-state index is 11.3. The summed E-state index contributed by atoms with van der Waals surface area (Å²) in [5, 5.41) is 9.26. The monoisotopic (exact) mass is 222 g/mol. The summed E-state index contributed by atoms with van der Waals surface area (Å²) in [5.41, 5.74) is 1.01. The Hall–Kier alpha value is -1.35. The average molecular weight is 222 g/mol. The number of aryl methyl sites for hydroxylation is 1. The molecular weight excluding hydrogens is 204 g/mol. The second kappa shape index (κ2) is 5.12. The molecule has 0 spiro atoms. The first kappa shape index (κ1) is 12.7. The largest absolute Gasteiger partial charge is 0.481 e. The van der Waals surface area contributed by atoms with Crippen LogP contribution in [0.4, 0.5) is 0 Å². The van der Waals surface area contributed by atoms with Gasteiger partial charge in [-0.15, -0.1) is 0 Å². The lowest BCUT2D eigenvalue weighted by atomic mass is 9.83. The zero-order chi connectivity index (χ0) is 12.2. The fourth-order valence-corrected chi connectivity index (χ4v) is 1.67. The fourth-order valence-electron chi connectivity index (χ4n) is 1.67. The van der Waals surface area contributed by atoms with Crippen LogP contribution in [-0.2, 0) is 21.4 Å². The van der Waals surface area contributed by atoms with Gasteiger partial charge in [0.1, 0.15) is 5.41 Å². The van der Waals surface area contributed by atoms with E-state index in [4.69, 9.17) is 4.74 Å². The quantitative estimate of drug-likeness (QED) is 0.831. The van der Waals surface area contributed by atoms with E-state index in [1.54, 1.807) is 6.92 Å². The molecule has 1 N–H and O–H groups in total. The third-order valence-corrected chi connectivity index (χ3v) is 2.90. The highest BCUT2D eigenvalue weighted by atomic mass is 16.5. The molecule has 0 heterocycles. The van der Waals surface area contributed by atoms with E-state index in [2.05, 4.69) is 6.92 Å². The van der Waals surface area contributed by atoms with E-state index in [-0.39, 0.29) is 6.61 Å². The van der Waals surface area contributed by atoms with Gasteiger partial charge >= 0.3 is 5.97 Å². The summed E-state index contributed by atoms with van der Waals surface area (Å²) in [7, 11) is 1.52. The Bertz CT molecular complexity index is 356. The van der Waals surface area contributed by atoms with Crippen molar-refractivity contribution in [2.24, 2.45) is 0 Å². The van der Waals surface area contributed by atoms with Crippen molar-refractivity contribution >= 4 is 5.97 Å². The van der Waals surface area contributed by atoms with Crippen LogP contribution >= 0.6 is 0 Å². The number of hydrogen-bond donors (Lipinski definition) is 1. The molecule has 1 unspecified atom stereocenters. The molecule has 16 heavy (non-hydrogen) atoms. The number of aliphatic carboxylic acids is 1. The summed E-state index contributed by atoms with van der Waals surface area (Å²) in [6.45, 7) is 3.92. The van der Waals surface area contributed by atoms with Gasteiger partial charge in [0.2, 0.25) is 0 Å². The minimum absolute atomic E-state index is 0.174.